The van der Waals surface area contributed by atoms with Gasteiger partial charge in [-0.1, -0.05) is 66.7 Å². The number of urea groups is 1. The quantitative estimate of drug-likeness (QED) is 0.276. The van der Waals surface area contributed by atoms with Crippen LogP contribution in [-0.2, 0) is 17.1 Å². The van der Waals surface area contributed by atoms with Crippen molar-refractivity contribution in [1.82, 2.24) is 20.4 Å². The zero-order valence-corrected chi connectivity index (χ0v) is 24.5. The van der Waals surface area contributed by atoms with Gasteiger partial charge in [-0.2, -0.15) is 17.0 Å². The average Bonchev–Trinajstić information content (AvgIpc) is 3.48. The van der Waals surface area contributed by atoms with Crippen LogP contribution in [0.5, 0.6) is 0 Å². The number of anilines is 1. The largest absolute Gasteiger partial charge is 0.341 e. The summed E-state index contributed by atoms with van der Waals surface area (Å²) in [4.78, 5) is 43.0. The minimum Gasteiger partial charge on any atom is -0.341 e. The first-order valence-electron chi connectivity index (χ1n) is 13.9. The SMILES string of the molecule is CN(C(=O)Nc1cccc(C(=O)NC(CSCc2ccccc2)C(=O)NCC#N)c1)[C@@H]1CCN(Cc2ccccc2)C1. The summed E-state index contributed by atoms with van der Waals surface area (Å²) in [5.41, 5.74) is 3.17. The van der Waals surface area contributed by atoms with Crippen LogP contribution in [0, 0.1) is 11.3 Å². The second-order valence-corrected chi connectivity index (χ2v) is 11.2. The fourth-order valence-electron chi connectivity index (χ4n) is 4.77. The third-order valence-electron chi connectivity index (χ3n) is 7.10. The molecule has 1 heterocycles. The summed E-state index contributed by atoms with van der Waals surface area (Å²) in [5.74, 6) is 0.152. The van der Waals surface area contributed by atoms with E-state index in [0.29, 0.717) is 22.8 Å². The fraction of sp³-hybridized carbons (Fsp3) is 0.312. The van der Waals surface area contributed by atoms with Crippen molar-refractivity contribution in [2.75, 3.05) is 37.8 Å². The lowest BCUT2D eigenvalue weighted by Gasteiger charge is -2.25. The number of nitriles is 1. The van der Waals surface area contributed by atoms with Gasteiger partial charge in [0.05, 0.1) is 6.07 Å². The molecule has 1 aliphatic rings. The van der Waals surface area contributed by atoms with Crippen LogP contribution in [0.25, 0.3) is 0 Å². The van der Waals surface area contributed by atoms with E-state index < -0.39 is 17.9 Å². The Labute approximate surface area is 251 Å². The first kappa shape index (κ1) is 30.6. The molecule has 3 N–H and O–H groups in total. The maximum absolute atomic E-state index is 13.1. The van der Waals surface area contributed by atoms with Crippen LogP contribution in [0.1, 0.15) is 27.9 Å². The van der Waals surface area contributed by atoms with Crippen LogP contribution in [0.15, 0.2) is 84.9 Å². The third-order valence-corrected chi connectivity index (χ3v) is 8.21. The number of carbonyl (C=O) groups is 3. The van der Waals surface area contributed by atoms with E-state index in [4.69, 9.17) is 5.26 Å². The molecule has 0 saturated carbocycles. The van der Waals surface area contributed by atoms with Gasteiger partial charge in [0, 0.05) is 55.5 Å². The van der Waals surface area contributed by atoms with E-state index in [1.165, 1.54) is 17.3 Å². The molecule has 1 aliphatic heterocycles. The van der Waals surface area contributed by atoms with Gasteiger partial charge in [-0.25, -0.2) is 4.79 Å². The van der Waals surface area contributed by atoms with Gasteiger partial charge in [0.1, 0.15) is 12.6 Å². The first-order chi connectivity index (χ1) is 20.4. The molecule has 2 atom stereocenters. The molecule has 1 saturated heterocycles. The first-order valence-corrected chi connectivity index (χ1v) is 15.1. The smallest absolute Gasteiger partial charge is 0.321 e. The second kappa shape index (κ2) is 15.6. The van der Waals surface area contributed by atoms with Gasteiger partial charge in [-0.3, -0.25) is 14.5 Å². The Morgan fingerprint density at radius 3 is 2.45 bits per heavy atom. The number of benzene rings is 3. The minimum absolute atomic E-state index is 0.0845. The molecule has 3 aromatic rings. The van der Waals surface area contributed by atoms with Gasteiger partial charge >= 0.3 is 6.03 Å². The molecule has 0 bridgehead atoms. The molecule has 0 spiro atoms. The number of rotatable bonds is 12. The standard InChI is InChI=1S/C32H36N6O3S/c1-37(28-15-18-38(21-28)20-24-9-4-2-5-10-24)32(41)35-27-14-8-13-26(19-27)30(39)36-29(31(40)34-17-16-33)23-42-22-25-11-6-3-7-12-25/h2-14,19,28-29H,15,17-18,20-23H2,1H3,(H,34,40)(H,35,41)(H,36,39)/t28-,29?/m1/s1. The lowest BCUT2D eigenvalue weighted by molar-refractivity contribution is -0.122. The highest BCUT2D eigenvalue weighted by atomic mass is 32.2. The molecule has 3 aromatic carbocycles. The molecule has 9 nitrogen and oxygen atoms in total. The normalized spacial score (nSPS) is 15.3. The Hall–Kier alpha value is -4.33. The molecular weight excluding hydrogens is 548 g/mol. The molecule has 4 amide bonds. The minimum atomic E-state index is -0.829. The van der Waals surface area contributed by atoms with Crippen LogP contribution in [-0.4, -0.2) is 72.2 Å². The zero-order chi connectivity index (χ0) is 29.7. The molecular formula is C32H36N6O3S. The summed E-state index contributed by atoms with van der Waals surface area (Å²) in [5, 5.41) is 17.1. The number of likely N-dealkylation sites (tertiary alicyclic amines) is 1. The average molecular weight is 585 g/mol. The lowest BCUT2D eigenvalue weighted by atomic mass is 10.1. The summed E-state index contributed by atoms with van der Waals surface area (Å²) in [6.45, 7) is 2.41. The topological polar surface area (TPSA) is 118 Å². The Bertz CT molecular complexity index is 1380. The maximum Gasteiger partial charge on any atom is 0.321 e. The van der Waals surface area contributed by atoms with Gasteiger partial charge in [0.2, 0.25) is 5.91 Å². The monoisotopic (exact) mass is 584 g/mol. The van der Waals surface area contributed by atoms with E-state index in [1.54, 1.807) is 36.2 Å². The number of hydrogen-bond donors (Lipinski definition) is 3. The number of hydrogen-bond acceptors (Lipinski definition) is 6. The van der Waals surface area contributed by atoms with E-state index in [0.717, 1.165) is 31.6 Å². The van der Waals surface area contributed by atoms with Crippen LogP contribution in [0.3, 0.4) is 0 Å². The summed E-state index contributed by atoms with van der Waals surface area (Å²) < 4.78 is 0. The summed E-state index contributed by atoms with van der Waals surface area (Å²) >= 11 is 1.52. The van der Waals surface area contributed by atoms with E-state index in [2.05, 4.69) is 33.0 Å². The highest BCUT2D eigenvalue weighted by molar-refractivity contribution is 7.98. The molecule has 4 rings (SSSR count). The summed E-state index contributed by atoms with van der Waals surface area (Å²) in [6, 6.07) is 27.7. The van der Waals surface area contributed by atoms with Crippen molar-refractivity contribution in [3.05, 3.63) is 102 Å². The molecule has 0 radical (unpaired) electrons. The van der Waals surface area contributed by atoms with Crippen LogP contribution < -0.4 is 16.0 Å². The van der Waals surface area contributed by atoms with E-state index in [9.17, 15) is 14.4 Å². The van der Waals surface area contributed by atoms with Gasteiger partial charge in [0.25, 0.3) is 5.91 Å². The van der Waals surface area contributed by atoms with Gasteiger partial charge in [-0.15, -0.1) is 0 Å². The molecule has 1 fully saturated rings. The summed E-state index contributed by atoms with van der Waals surface area (Å²) in [6.07, 6.45) is 0.886. The van der Waals surface area contributed by atoms with Crippen LogP contribution >= 0.6 is 11.8 Å². The van der Waals surface area contributed by atoms with Crippen molar-refractivity contribution in [2.45, 2.75) is 30.8 Å². The van der Waals surface area contributed by atoms with Gasteiger partial charge in [-0.05, 0) is 35.7 Å². The number of amides is 4. The lowest BCUT2D eigenvalue weighted by Crippen LogP contribution is -2.48. The highest BCUT2D eigenvalue weighted by Gasteiger charge is 2.28. The van der Waals surface area contributed by atoms with Gasteiger partial charge < -0.3 is 20.9 Å². The van der Waals surface area contributed by atoms with Crippen molar-refractivity contribution >= 4 is 35.3 Å². The summed E-state index contributed by atoms with van der Waals surface area (Å²) in [7, 11) is 1.79. The number of thioether (sulfide) groups is 1. The third kappa shape index (κ3) is 9.09. The van der Waals surface area contributed by atoms with E-state index >= 15 is 0 Å². The van der Waals surface area contributed by atoms with Crippen molar-refractivity contribution in [1.29, 1.82) is 5.26 Å². The molecule has 218 valence electrons. The maximum atomic E-state index is 13.1. The van der Waals surface area contributed by atoms with Crippen molar-refractivity contribution in [3.8, 4) is 6.07 Å². The van der Waals surface area contributed by atoms with Crippen LogP contribution in [0.2, 0.25) is 0 Å². The zero-order valence-electron chi connectivity index (χ0n) is 23.7. The molecule has 42 heavy (non-hydrogen) atoms. The number of likely N-dealkylation sites (N-methyl/N-ethyl adjacent to an activating group) is 1. The van der Waals surface area contributed by atoms with Crippen molar-refractivity contribution in [2.24, 2.45) is 0 Å². The van der Waals surface area contributed by atoms with Gasteiger partial charge in [0.15, 0.2) is 0 Å². The molecule has 10 heteroatoms. The predicted octanol–water partition coefficient (Wildman–Crippen LogP) is 4.10. The molecule has 1 unspecified atom stereocenters. The number of carbonyl (C=O) groups excluding carboxylic acids is 3. The van der Waals surface area contributed by atoms with Crippen molar-refractivity contribution in [3.63, 3.8) is 0 Å². The van der Waals surface area contributed by atoms with Crippen LogP contribution in [0.4, 0.5) is 10.5 Å². The Morgan fingerprint density at radius 2 is 1.74 bits per heavy atom. The molecule has 0 aliphatic carbocycles. The second-order valence-electron chi connectivity index (χ2n) is 10.2. The number of nitrogens with zero attached hydrogens (tertiary/aromatic N) is 3. The number of nitrogens with one attached hydrogen (secondary N) is 3. The van der Waals surface area contributed by atoms with Crippen molar-refractivity contribution < 1.29 is 14.4 Å². The Morgan fingerprint density at radius 1 is 1.02 bits per heavy atom. The molecule has 0 aromatic heterocycles. The fourth-order valence-corrected chi connectivity index (χ4v) is 5.79. The Balaban J connectivity index is 1.32. The predicted molar refractivity (Wildman–Crippen MR) is 166 cm³/mol. The highest BCUT2D eigenvalue weighted by Crippen LogP contribution is 2.19. The Kier molecular flexibility index (Phi) is 11.4. The van der Waals surface area contributed by atoms with E-state index in [1.807, 2.05) is 54.6 Å². The van der Waals surface area contributed by atoms with E-state index in [-0.39, 0.29) is 18.6 Å².